The molecule has 0 aliphatic heterocycles. The average molecular weight is 271 g/mol. The second kappa shape index (κ2) is 5.81. The molecule has 0 radical (unpaired) electrons. The molecular weight excluding hydrogens is 250 g/mol. The Kier molecular flexibility index (Phi) is 3.90. The van der Waals surface area contributed by atoms with E-state index in [1.807, 2.05) is 6.07 Å². The van der Waals surface area contributed by atoms with Crippen LogP contribution in [0.15, 0.2) is 42.5 Å². The van der Waals surface area contributed by atoms with Crippen LogP contribution in [0.1, 0.15) is 13.3 Å². The third kappa shape index (κ3) is 2.51. The highest BCUT2D eigenvalue weighted by molar-refractivity contribution is 5.83. The Morgan fingerprint density at radius 3 is 2.70 bits per heavy atom. The molecule has 3 heteroatoms. The third-order valence-electron chi connectivity index (χ3n) is 4.00. The van der Waals surface area contributed by atoms with Gasteiger partial charge >= 0.3 is 0 Å². The number of fused-ring (bicyclic) bond motifs is 1. The lowest BCUT2D eigenvalue weighted by Gasteiger charge is -2.43. The standard InChI is InChI=1S/C17H21NO2/c1-3-18-15-11-16(17(15)19-2)20-14-9-8-12-6-4-5-7-13(12)10-14/h4-10,15-18H,3,11H2,1-2H3. The minimum atomic E-state index is 0.140. The highest BCUT2D eigenvalue weighted by Crippen LogP contribution is 2.30. The van der Waals surface area contributed by atoms with E-state index in [9.17, 15) is 0 Å². The van der Waals surface area contributed by atoms with Gasteiger partial charge in [-0.2, -0.15) is 0 Å². The Morgan fingerprint density at radius 2 is 1.95 bits per heavy atom. The van der Waals surface area contributed by atoms with Gasteiger partial charge in [-0.1, -0.05) is 37.3 Å². The number of hydrogen-bond donors (Lipinski definition) is 1. The summed E-state index contributed by atoms with van der Waals surface area (Å²) in [5.74, 6) is 0.922. The first-order chi connectivity index (χ1) is 9.81. The van der Waals surface area contributed by atoms with E-state index in [0.717, 1.165) is 18.7 Å². The van der Waals surface area contributed by atoms with E-state index in [0.29, 0.717) is 6.04 Å². The van der Waals surface area contributed by atoms with E-state index in [1.54, 1.807) is 7.11 Å². The smallest absolute Gasteiger partial charge is 0.128 e. The van der Waals surface area contributed by atoms with E-state index in [4.69, 9.17) is 9.47 Å². The van der Waals surface area contributed by atoms with Crippen LogP contribution < -0.4 is 10.1 Å². The van der Waals surface area contributed by atoms with Gasteiger partial charge in [0.15, 0.2) is 0 Å². The van der Waals surface area contributed by atoms with Gasteiger partial charge < -0.3 is 14.8 Å². The second-order valence-corrected chi connectivity index (χ2v) is 5.27. The number of benzene rings is 2. The van der Waals surface area contributed by atoms with E-state index in [2.05, 4.69) is 48.6 Å². The molecule has 0 amide bonds. The Balaban J connectivity index is 1.70. The Labute approximate surface area is 119 Å². The van der Waals surface area contributed by atoms with Crippen LogP contribution in [0.25, 0.3) is 10.8 Å². The van der Waals surface area contributed by atoms with Gasteiger partial charge in [-0.15, -0.1) is 0 Å². The lowest BCUT2D eigenvalue weighted by Crippen LogP contribution is -2.60. The van der Waals surface area contributed by atoms with Crippen LogP contribution in [0.5, 0.6) is 5.75 Å². The van der Waals surface area contributed by atoms with Crippen LogP contribution in [-0.4, -0.2) is 31.9 Å². The number of nitrogens with one attached hydrogen (secondary N) is 1. The molecule has 0 saturated heterocycles. The molecule has 3 rings (SSSR count). The minimum absolute atomic E-state index is 0.140. The van der Waals surface area contributed by atoms with E-state index >= 15 is 0 Å². The second-order valence-electron chi connectivity index (χ2n) is 5.27. The third-order valence-corrected chi connectivity index (χ3v) is 4.00. The fourth-order valence-corrected chi connectivity index (χ4v) is 2.89. The molecule has 1 fully saturated rings. The molecule has 2 aromatic rings. The van der Waals surface area contributed by atoms with Crippen molar-refractivity contribution in [3.8, 4) is 5.75 Å². The summed E-state index contributed by atoms with van der Waals surface area (Å²) in [4.78, 5) is 0. The Hall–Kier alpha value is -1.58. The highest BCUT2D eigenvalue weighted by atomic mass is 16.5. The summed E-state index contributed by atoms with van der Waals surface area (Å²) in [6.45, 7) is 3.08. The van der Waals surface area contributed by atoms with Crippen LogP contribution in [-0.2, 0) is 4.74 Å². The van der Waals surface area contributed by atoms with Crippen LogP contribution >= 0.6 is 0 Å². The topological polar surface area (TPSA) is 30.5 Å². The maximum Gasteiger partial charge on any atom is 0.128 e. The molecule has 3 atom stereocenters. The molecule has 1 aliphatic rings. The number of rotatable bonds is 5. The summed E-state index contributed by atoms with van der Waals surface area (Å²) in [6.07, 6.45) is 1.28. The molecule has 0 heterocycles. The van der Waals surface area contributed by atoms with Crippen molar-refractivity contribution < 1.29 is 9.47 Å². The monoisotopic (exact) mass is 271 g/mol. The summed E-state index contributed by atoms with van der Waals surface area (Å²) in [5, 5.41) is 5.87. The fraction of sp³-hybridized carbons (Fsp3) is 0.412. The largest absolute Gasteiger partial charge is 0.488 e. The molecule has 3 unspecified atom stereocenters. The molecular formula is C17H21NO2. The van der Waals surface area contributed by atoms with Crippen molar-refractivity contribution in [2.75, 3.05) is 13.7 Å². The first kappa shape index (κ1) is 13.4. The molecule has 1 saturated carbocycles. The first-order valence-electron chi connectivity index (χ1n) is 7.23. The van der Waals surface area contributed by atoms with Gasteiger partial charge in [0.2, 0.25) is 0 Å². The number of hydrogen-bond acceptors (Lipinski definition) is 3. The quantitative estimate of drug-likeness (QED) is 0.907. The lowest BCUT2D eigenvalue weighted by atomic mass is 9.85. The molecule has 1 N–H and O–H groups in total. The van der Waals surface area contributed by atoms with Gasteiger partial charge in [-0.05, 0) is 29.4 Å². The summed E-state index contributed by atoms with van der Waals surface area (Å²) in [7, 11) is 1.75. The first-order valence-corrected chi connectivity index (χ1v) is 7.23. The van der Waals surface area contributed by atoms with E-state index in [-0.39, 0.29) is 12.2 Å². The van der Waals surface area contributed by atoms with Gasteiger partial charge in [0.05, 0.1) is 0 Å². The van der Waals surface area contributed by atoms with Crippen LogP contribution in [0.2, 0.25) is 0 Å². The van der Waals surface area contributed by atoms with Crippen molar-refractivity contribution in [1.82, 2.24) is 5.32 Å². The van der Waals surface area contributed by atoms with Gasteiger partial charge in [0.1, 0.15) is 18.0 Å². The van der Waals surface area contributed by atoms with Gasteiger partial charge in [0.25, 0.3) is 0 Å². The van der Waals surface area contributed by atoms with Crippen LogP contribution in [0.4, 0.5) is 0 Å². The Morgan fingerprint density at radius 1 is 1.15 bits per heavy atom. The van der Waals surface area contributed by atoms with E-state index in [1.165, 1.54) is 10.8 Å². The summed E-state index contributed by atoms with van der Waals surface area (Å²) < 4.78 is 11.6. The SMILES string of the molecule is CCNC1CC(Oc2ccc3ccccc3c2)C1OC. The van der Waals surface area contributed by atoms with E-state index < -0.39 is 0 Å². The maximum atomic E-state index is 6.07. The molecule has 0 spiro atoms. The number of ether oxygens (including phenoxy) is 2. The van der Waals surface area contributed by atoms with Crippen molar-refractivity contribution >= 4 is 10.8 Å². The van der Waals surface area contributed by atoms with Gasteiger partial charge in [-0.25, -0.2) is 0 Å². The maximum absolute atomic E-state index is 6.07. The average Bonchev–Trinajstić information content (AvgIpc) is 2.46. The van der Waals surface area contributed by atoms with Crippen molar-refractivity contribution in [2.45, 2.75) is 31.6 Å². The van der Waals surface area contributed by atoms with Crippen molar-refractivity contribution in [2.24, 2.45) is 0 Å². The van der Waals surface area contributed by atoms with Crippen molar-refractivity contribution in [3.63, 3.8) is 0 Å². The normalized spacial score (nSPS) is 25.4. The Bertz CT molecular complexity index is 584. The van der Waals surface area contributed by atoms with Gasteiger partial charge in [0, 0.05) is 19.6 Å². The van der Waals surface area contributed by atoms with Crippen LogP contribution in [0.3, 0.4) is 0 Å². The highest BCUT2D eigenvalue weighted by Gasteiger charge is 2.42. The summed E-state index contributed by atoms with van der Waals surface area (Å²) >= 11 is 0. The predicted molar refractivity (Wildman–Crippen MR) is 81.2 cm³/mol. The van der Waals surface area contributed by atoms with Crippen LogP contribution in [0, 0.1) is 0 Å². The number of likely N-dealkylation sites (N-methyl/N-ethyl adjacent to an activating group) is 1. The zero-order chi connectivity index (χ0) is 13.9. The molecule has 3 nitrogen and oxygen atoms in total. The molecule has 2 aromatic carbocycles. The molecule has 20 heavy (non-hydrogen) atoms. The predicted octanol–water partition coefficient (Wildman–Crippen LogP) is 2.98. The van der Waals surface area contributed by atoms with Crippen molar-refractivity contribution in [1.29, 1.82) is 0 Å². The molecule has 0 aromatic heterocycles. The zero-order valence-corrected chi connectivity index (χ0v) is 12.0. The summed E-state index contributed by atoms with van der Waals surface area (Å²) in [6, 6.07) is 15.0. The number of methoxy groups -OCH3 is 1. The molecule has 1 aliphatic carbocycles. The molecule has 106 valence electrons. The minimum Gasteiger partial charge on any atom is -0.488 e. The molecule has 0 bridgehead atoms. The van der Waals surface area contributed by atoms with Gasteiger partial charge in [-0.3, -0.25) is 0 Å². The lowest BCUT2D eigenvalue weighted by molar-refractivity contribution is -0.0883. The fourth-order valence-electron chi connectivity index (χ4n) is 2.89. The summed E-state index contributed by atoms with van der Waals surface area (Å²) in [5.41, 5.74) is 0. The zero-order valence-electron chi connectivity index (χ0n) is 12.0. The van der Waals surface area contributed by atoms with Crippen molar-refractivity contribution in [3.05, 3.63) is 42.5 Å².